The number of nitrogens with one attached hydrogen (secondary N) is 1. The van der Waals surface area contributed by atoms with E-state index in [4.69, 9.17) is 4.74 Å². The second-order valence-electron chi connectivity index (χ2n) is 6.42. The lowest BCUT2D eigenvalue weighted by molar-refractivity contribution is -0.132. The summed E-state index contributed by atoms with van der Waals surface area (Å²) in [4.78, 5) is 30.2. The molecule has 1 saturated carbocycles. The fraction of sp³-hybridized carbons (Fsp3) is 0.421. The van der Waals surface area contributed by atoms with Crippen LogP contribution in [-0.4, -0.2) is 35.4 Å². The number of nitrogens with zero attached hydrogens (tertiary/aromatic N) is 2. The minimum absolute atomic E-state index is 0.0488. The summed E-state index contributed by atoms with van der Waals surface area (Å²) in [6.07, 6.45) is 2.82. The van der Waals surface area contributed by atoms with Crippen LogP contribution in [0.1, 0.15) is 30.5 Å². The van der Waals surface area contributed by atoms with E-state index in [1.54, 1.807) is 41.5 Å². The first-order valence-corrected chi connectivity index (χ1v) is 9.64. The number of ether oxygens (including phenoxy) is 1. The molecule has 2 amide bonds. The van der Waals surface area contributed by atoms with Gasteiger partial charge in [0.25, 0.3) is 5.91 Å². The Labute approximate surface area is 157 Å². The fourth-order valence-corrected chi connectivity index (χ4v) is 3.16. The number of carbonyl (C=O) groups excluding carboxylic acids is 2. The maximum absolute atomic E-state index is 12.3. The first-order chi connectivity index (χ1) is 12.5. The molecule has 1 aromatic carbocycles. The first-order valence-electron chi connectivity index (χ1n) is 8.76. The van der Waals surface area contributed by atoms with Gasteiger partial charge in [0.1, 0.15) is 5.75 Å². The molecule has 0 bridgehead atoms. The fourth-order valence-electron chi connectivity index (χ4n) is 2.42. The second kappa shape index (κ2) is 8.31. The quantitative estimate of drug-likeness (QED) is 0.772. The average Bonchev–Trinajstić information content (AvgIpc) is 3.40. The number of hydrogen-bond donors (Lipinski definition) is 1. The largest absolute Gasteiger partial charge is 0.484 e. The summed E-state index contributed by atoms with van der Waals surface area (Å²) < 4.78 is 5.59. The third-order valence-electron chi connectivity index (χ3n) is 4.14. The number of thiazole rings is 1. The summed E-state index contributed by atoms with van der Waals surface area (Å²) in [6.45, 7) is 2.48. The summed E-state index contributed by atoms with van der Waals surface area (Å²) in [6, 6.07) is 7.12. The monoisotopic (exact) mass is 373 g/mol. The van der Waals surface area contributed by atoms with Crippen molar-refractivity contribution in [2.24, 2.45) is 5.92 Å². The van der Waals surface area contributed by atoms with Gasteiger partial charge in [0, 0.05) is 30.1 Å². The lowest BCUT2D eigenvalue weighted by Gasteiger charge is -2.16. The molecule has 1 aliphatic rings. The van der Waals surface area contributed by atoms with Gasteiger partial charge in [0.2, 0.25) is 5.91 Å². The molecule has 0 saturated heterocycles. The smallest absolute Gasteiger partial charge is 0.260 e. The van der Waals surface area contributed by atoms with E-state index >= 15 is 0 Å². The summed E-state index contributed by atoms with van der Waals surface area (Å²) in [5, 5.41) is 5.93. The van der Waals surface area contributed by atoms with Gasteiger partial charge in [-0.05, 0) is 31.4 Å². The molecule has 26 heavy (non-hydrogen) atoms. The maximum atomic E-state index is 12.3. The predicted octanol–water partition coefficient (Wildman–Crippen LogP) is 3.09. The minimum atomic E-state index is -0.122. The van der Waals surface area contributed by atoms with Crippen molar-refractivity contribution in [2.45, 2.75) is 32.7 Å². The van der Waals surface area contributed by atoms with Crippen molar-refractivity contribution >= 4 is 28.8 Å². The SMILES string of the molecule is CCc1nc(CN(C)C(=O)COc2cccc(NC(=O)C3CC3)c2)cs1. The number of aromatic nitrogens is 1. The molecule has 0 unspecified atom stereocenters. The van der Waals surface area contributed by atoms with Crippen LogP contribution in [0.15, 0.2) is 29.6 Å². The van der Waals surface area contributed by atoms with Gasteiger partial charge in [-0.3, -0.25) is 9.59 Å². The Hall–Kier alpha value is -2.41. The van der Waals surface area contributed by atoms with E-state index in [0.717, 1.165) is 30.0 Å². The van der Waals surface area contributed by atoms with Crippen molar-refractivity contribution in [3.63, 3.8) is 0 Å². The first kappa shape index (κ1) is 18.4. The number of aryl methyl sites for hydroxylation is 1. The Bertz CT molecular complexity index is 786. The predicted molar refractivity (Wildman–Crippen MR) is 101 cm³/mol. The van der Waals surface area contributed by atoms with Gasteiger partial charge in [-0.25, -0.2) is 4.98 Å². The topological polar surface area (TPSA) is 71.5 Å². The summed E-state index contributed by atoms with van der Waals surface area (Å²) >= 11 is 1.61. The normalized spacial score (nSPS) is 13.3. The van der Waals surface area contributed by atoms with Gasteiger partial charge in [-0.15, -0.1) is 11.3 Å². The Balaban J connectivity index is 1.49. The Morgan fingerprint density at radius 3 is 2.88 bits per heavy atom. The Morgan fingerprint density at radius 2 is 2.19 bits per heavy atom. The van der Waals surface area contributed by atoms with E-state index in [1.165, 1.54) is 0 Å². The van der Waals surface area contributed by atoms with Crippen LogP contribution in [0.2, 0.25) is 0 Å². The standard InChI is InChI=1S/C19H23N3O3S/c1-3-17-20-15(12-26-17)10-22(2)18(23)11-25-16-6-4-5-14(9-16)21-19(24)13-7-8-13/h4-6,9,12-13H,3,7-8,10-11H2,1-2H3,(H,21,24). The van der Waals surface area contributed by atoms with Crippen LogP contribution in [0.25, 0.3) is 0 Å². The zero-order valence-corrected chi connectivity index (χ0v) is 15.8. The molecule has 3 rings (SSSR count). The van der Waals surface area contributed by atoms with Crippen LogP contribution in [-0.2, 0) is 22.6 Å². The zero-order chi connectivity index (χ0) is 18.5. The molecule has 1 aliphatic carbocycles. The van der Waals surface area contributed by atoms with E-state index in [-0.39, 0.29) is 24.3 Å². The number of anilines is 1. The van der Waals surface area contributed by atoms with Gasteiger partial charge in [0.15, 0.2) is 6.61 Å². The molecular weight excluding hydrogens is 350 g/mol. The third kappa shape index (κ3) is 5.05. The van der Waals surface area contributed by atoms with E-state index in [9.17, 15) is 9.59 Å². The van der Waals surface area contributed by atoms with Gasteiger partial charge < -0.3 is 15.0 Å². The Morgan fingerprint density at radius 1 is 1.38 bits per heavy atom. The molecule has 2 aromatic rings. The van der Waals surface area contributed by atoms with Crippen LogP contribution in [0.5, 0.6) is 5.75 Å². The average molecular weight is 373 g/mol. The summed E-state index contributed by atoms with van der Waals surface area (Å²) in [5.41, 5.74) is 1.59. The summed E-state index contributed by atoms with van der Waals surface area (Å²) in [5.74, 6) is 0.632. The van der Waals surface area contributed by atoms with Gasteiger partial charge in [-0.1, -0.05) is 13.0 Å². The summed E-state index contributed by atoms with van der Waals surface area (Å²) in [7, 11) is 1.74. The van der Waals surface area contributed by atoms with Crippen molar-refractivity contribution in [3.05, 3.63) is 40.3 Å². The molecule has 6 nitrogen and oxygen atoms in total. The second-order valence-corrected chi connectivity index (χ2v) is 7.36. The number of carbonyl (C=O) groups is 2. The number of likely N-dealkylation sites (N-methyl/N-ethyl adjacent to an activating group) is 1. The highest BCUT2D eigenvalue weighted by molar-refractivity contribution is 7.09. The molecule has 0 atom stereocenters. The van der Waals surface area contributed by atoms with Crippen molar-refractivity contribution in [1.29, 1.82) is 0 Å². The van der Waals surface area contributed by atoms with Crippen LogP contribution < -0.4 is 10.1 Å². The molecular formula is C19H23N3O3S. The highest BCUT2D eigenvalue weighted by atomic mass is 32.1. The van der Waals surface area contributed by atoms with Crippen molar-refractivity contribution in [2.75, 3.05) is 19.0 Å². The molecule has 1 fully saturated rings. The molecule has 7 heteroatoms. The highest BCUT2D eigenvalue weighted by Gasteiger charge is 2.29. The van der Waals surface area contributed by atoms with E-state index in [1.807, 2.05) is 11.4 Å². The molecule has 0 aliphatic heterocycles. The van der Waals surface area contributed by atoms with E-state index in [0.29, 0.717) is 18.0 Å². The minimum Gasteiger partial charge on any atom is -0.484 e. The lowest BCUT2D eigenvalue weighted by atomic mass is 10.3. The molecule has 1 heterocycles. The molecule has 138 valence electrons. The number of amides is 2. The molecule has 1 N–H and O–H groups in total. The van der Waals surface area contributed by atoms with E-state index < -0.39 is 0 Å². The number of hydrogen-bond acceptors (Lipinski definition) is 5. The maximum Gasteiger partial charge on any atom is 0.260 e. The van der Waals surface area contributed by atoms with Gasteiger partial charge >= 0.3 is 0 Å². The molecule has 0 spiro atoms. The van der Waals surface area contributed by atoms with Crippen molar-refractivity contribution in [1.82, 2.24) is 9.88 Å². The zero-order valence-electron chi connectivity index (χ0n) is 15.0. The van der Waals surface area contributed by atoms with Crippen molar-refractivity contribution < 1.29 is 14.3 Å². The van der Waals surface area contributed by atoms with Crippen molar-refractivity contribution in [3.8, 4) is 5.75 Å². The van der Waals surface area contributed by atoms with Crippen LogP contribution in [0.3, 0.4) is 0 Å². The van der Waals surface area contributed by atoms with Gasteiger partial charge in [-0.2, -0.15) is 0 Å². The van der Waals surface area contributed by atoms with Crippen LogP contribution in [0, 0.1) is 5.92 Å². The van der Waals surface area contributed by atoms with Crippen LogP contribution >= 0.6 is 11.3 Å². The number of rotatable bonds is 8. The van der Waals surface area contributed by atoms with Crippen LogP contribution in [0.4, 0.5) is 5.69 Å². The molecule has 1 aromatic heterocycles. The van der Waals surface area contributed by atoms with E-state index in [2.05, 4.69) is 17.2 Å². The van der Waals surface area contributed by atoms with Gasteiger partial charge in [0.05, 0.1) is 17.2 Å². The molecule has 0 radical (unpaired) electrons. The lowest BCUT2D eigenvalue weighted by Crippen LogP contribution is -2.31. The third-order valence-corrected chi connectivity index (χ3v) is 5.18. The number of benzene rings is 1. The Kier molecular flexibility index (Phi) is 5.88. The highest BCUT2D eigenvalue weighted by Crippen LogP contribution is 2.30.